The van der Waals surface area contributed by atoms with Crippen LogP contribution in [0.5, 0.6) is 0 Å². The average molecular weight is 616 g/mol. The van der Waals surface area contributed by atoms with Gasteiger partial charge < -0.3 is 15.5 Å². The summed E-state index contributed by atoms with van der Waals surface area (Å²) in [6, 6.07) is 0. The highest BCUT2D eigenvalue weighted by Gasteiger charge is 2.53. The molecular weight excluding hydrogens is 575 g/mol. The average Bonchev–Trinajstić information content (AvgIpc) is 3.60. The Bertz CT molecular complexity index is 657. The lowest BCUT2D eigenvalue weighted by Crippen LogP contribution is -2.26. The molecule has 0 unspecified atom stereocenters. The van der Waals surface area contributed by atoms with E-state index in [4.69, 9.17) is 5.11 Å². The molecule has 2 saturated heterocycles. The molecule has 1 amide bonds. The molecule has 208 valence electrons. The number of rotatable bonds is 22. The van der Waals surface area contributed by atoms with Crippen molar-refractivity contribution in [3.05, 3.63) is 0 Å². The van der Waals surface area contributed by atoms with Gasteiger partial charge >= 0.3 is 11.9 Å². The topological polar surface area (TPSA) is 104 Å². The number of carbonyl (C=O) groups is 3. The van der Waals surface area contributed by atoms with Crippen molar-refractivity contribution >= 4 is 82.6 Å². The van der Waals surface area contributed by atoms with Gasteiger partial charge in [0.25, 0.3) is 0 Å². The number of hydrogen-bond donors (Lipinski definition) is 3. The molecule has 36 heavy (non-hydrogen) atoms. The van der Waals surface area contributed by atoms with Crippen molar-refractivity contribution in [2.75, 3.05) is 6.54 Å². The Labute approximate surface area is 240 Å². The Balaban J connectivity index is 1.33. The Hall–Kier alpha value is 0.510. The molecule has 0 aromatic heterocycles. The maximum absolute atomic E-state index is 12.0. The lowest BCUT2D eigenvalue weighted by atomic mass is 10.0. The minimum absolute atomic E-state index is 0.0846. The molecule has 0 radical (unpaired) electrons. The van der Waals surface area contributed by atoms with Crippen LogP contribution < -0.4 is 5.32 Å². The van der Waals surface area contributed by atoms with Crippen molar-refractivity contribution in [2.24, 2.45) is 5.92 Å². The van der Waals surface area contributed by atoms with Crippen LogP contribution in [-0.4, -0.2) is 41.9 Å². The highest BCUT2D eigenvalue weighted by molar-refractivity contribution is 9.14. The standard InChI is InChI=1S/C24H41NO5S6/c26-20(16-11-9-7-5-3-1-2-4-6-8-10-12-17-21(27)28)25-18-14-13-15-19(22(29)30)23-31-33-24(34-32-23)35-36-24/h19,23H,1-18H2,(H,25,26)(H,27,28)(H,29,30)/t19-/m0/s1. The molecule has 6 nitrogen and oxygen atoms in total. The summed E-state index contributed by atoms with van der Waals surface area (Å²) in [5.74, 6) is -1.62. The monoisotopic (exact) mass is 615 g/mol. The third-order valence-corrected chi connectivity index (χ3v) is 20.0. The predicted octanol–water partition coefficient (Wildman–Crippen LogP) is 8.63. The Kier molecular flexibility index (Phi) is 17.8. The number of unbranched alkanes of at least 4 members (excludes halogenated alkanes) is 12. The summed E-state index contributed by atoms with van der Waals surface area (Å²) in [4.78, 5) is 34.2. The molecule has 0 saturated carbocycles. The quantitative estimate of drug-likeness (QED) is 0.0619. The van der Waals surface area contributed by atoms with E-state index in [2.05, 4.69) is 5.32 Å². The van der Waals surface area contributed by atoms with E-state index in [0.29, 0.717) is 25.8 Å². The molecule has 1 atom stereocenters. The van der Waals surface area contributed by atoms with Gasteiger partial charge in [-0.15, -0.1) is 0 Å². The van der Waals surface area contributed by atoms with Crippen LogP contribution >= 0.6 is 64.8 Å². The number of nitrogens with one attached hydrogen (secondary N) is 1. The maximum atomic E-state index is 12.0. The van der Waals surface area contributed by atoms with Gasteiger partial charge in [-0.05, 0) is 47.3 Å². The molecule has 0 bridgehead atoms. The van der Waals surface area contributed by atoms with Crippen molar-refractivity contribution in [1.29, 1.82) is 0 Å². The zero-order valence-electron chi connectivity index (χ0n) is 21.0. The molecule has 1 spiro atoms. The molecule has 12 heteroatoms. The zero-order valence-corrected chi connectivity index (χ0v) is 25.9. The minimum Gasteiger partial charge on any atom is -0.481 e. The summed E-state index contributed by atoms with van der Waals surface area (Å²) in [6.07, 6.45) is 16.9. The van der Waals surface area contributed by atoms with Crippen LogP contribution in [0.3, 0.4) is 0 Å². The number of amides is 1. The molecule has 0 aliphatic carbocycles. The Morgan fingerprint density at radius 1 is 0.667 bits per heavy atom. The summed E-state index contributed by atoms with van der Waals surface area (Å²) < 4.78 is 0.285. The first kappa shape index (κ1) is 32.7. The van der Waals surface area contributed by atoms with Crippen LogP contribution in [-0.2, 0) is 14.4 Å². The molecule has 2 aliphatic heterocycles. The Morgan fingerprint density at radius 3 is 1.64 bits per heavy atom. The second kappa shape index (κ2) is 19.6. The summed E-state index contributed by atoms with van der Waals surface area (Å²) in [7, 11) is 10.7. The van der Waals surface area contributed by atoms with Gasteiger partial charge in [0, 0.05) is 19.4 Å². The van der Waals surface area contributed by atoms with Crippen LogP contribution in [0.4, 0.5) is 0 Å². The van der Waals surface area contributed by atoms with Gasteiger partial charge in [0.1, 0.15) is 0 Å². The third kappa shape index (κ3) is 15.2. The minimum atomic E-state index is -0.706. The molecule has 0 aromatic rings. The lowest BCUT2D eigenvalue weighted by molar-refractivity contribution is -0.141. The predicted molar refractivity (Wildman–Crippen MR) is 162 cm³/mol. The smallest absolute Gasteiger partial charge is 0.308 e. The van der Waals surface area contributed by atoms with E-state index in [0.717, 1.165) is 44.9 Å². The lowest BCUT2D eigenvalue weighted by Gasteiger charge is -2.27. The molecule has 0 aromatic carbocycles. The van der Waals surface area contributed by atoms with E-state index in [-0.39, 0.29) is 19.2 Å². The van der Waals surface area contributed by atoms with Crippen molar-refractivity contribution in [3.8, 4) is 0 Å². The van der Waals surface area contributed by atoms with Crippen LogP contribution in [0.1, 0.15) is 109 Å². The van der Waals surface area contributed by atoms with Crippen molar-refractivity contribution < 1.29 is 24.6 Å². The highest BCUT2D eigenvalue weighted by atomic mass is 33.2. The molecule has 2 heterocycles. The molecular formula is C24H41NO5S6. The molecule has 3 N–H and O–H groups in total. The van der Waals surface area contributed by atoms with E-state index in [1.54, 1.807) is 43.2 Å². The first-order chi connectivity index (χ1) is 17.4. The van der Waals surface area contributed by atoms with E-state index in [1.165, 1.54) is 44.9 Å². The Morgan fingerprint density at radius 2 is 1.17 bits per heavy atom. The summed E-state index contributed by atoms with van der Waals surface area (Å²) in [5, 5.41) is 21.2. The third-order valence-electron chi connectivity index (χ3n) is 6.16. The van der Waals surface area contributed by atoms with E-state index < -0.39 is 11.9 Å². The number of aliphatic carboxylic acids is 2. The molecule has 2 aliphatic rings. The van der Waals surface area contributed by atoms with Crippen molar-refractivity contribution in [1.82, 2.24) is 5.32 Å². The summed E-state index contributed by atoms with van der Waals surface area (Å²) in [5.41, 5.74) is 0. The van der Waals surface area contributed by atoms with Crippen LogP contribution in [0.15, 0.2) is 0 Å². The van der Waals surface area contributed by atoms with Crippen LogP contribution in [0.25, 0.3) is 0 Å². The fourth-order valence-corrected chi connectivity index (χ4v) is 17.8. The summed E-state index contributed by atoms with van der Waals surface area (Å²) in [6.45, 7) is 0.634. The SMILES string of the molecule is O=C(O)CCCCCCCCCCCCCCC(=O)NCCCC[C@@H](C(=O)O)C1SSC2(SS1)SS2. The first-order valence-electron chi connectivity index (χ1n) is 13.2. The van der Waals surface area contributed by atoms with Gasteiger partial charge in [0.05, 0.1) is 10.5 Å². The van der Waals surface area contributed by atoms with Crippen molar-refractivity contribution in [2.45, 2.75) is 116 Å². The number of hydrogen-bond acceptors (Lipinski definition) is 9. The number of carboxylic acid groups (broad SMARTS) is 2. The highest BCUT2D eigenvalue weighted by Crippen LogP contribution is 2.84. The van der Waals surface area contributed by atoms with Gasteiger partial charge in [-0.3, -0.25) is 14.4 Å². The summed E-state index contributed by atoms with van der Waals surface area (Å²) >= 11 is 0. The second-order valence-corrected chi connectivity index (χ2v) is 18.8. The molecule has 2 rings (SSSR count). The normalized spacial score (nSPS) is 17.7. The van der Waals surface area contributed by atoms with E-state index in [9.17, 15) is 19.5 Å². The number of carboxylic acids is 2. The molecule has 2 fully saturated rings. The first-order valence-corrected chi connectivity index (χ1v) is 19.8. The van der Waals surface area contributed by atoms with Gasteiger partial charge in [0.2, 0.25) is 5.91 Å². The number of carbonyl (C=O) groups excluding carboxylic acids is 1. The van der Waals surface area contributed by atoms with Crippen LogP contribution in [0, 0.1) is 5.92 Å². The largest absolute Gasteiger partial charge is 0.481 e. The van der Waals surface area contributed by atoms with Crippen LogP contribution in [0.2, 0.25) is 0 Å². The van der Waals surface area contributed by atoms with Crippen molar-refractivity contribution in [3.63, 3.8) is 0 Å². The van der Waals surface area contributed by atoms with Gasteiger partial charge in [-0.2, -0.15) is 0 Å². The zero-order chi connectivity index (χ0) is 26.1. The second-order valence-electron chi connectivity index (χ2n) is 9.32. The van der Waals surface area contributed by atoms with Gasteiger partial charge in [0.15, 0.2) is 2.74 Å². The fourth-order valence-electron chi connectivity index (χ4n) is 3.98. The van der Waals surface area contributed by atoms with E-state index >= 15 is 0 Å². The maximum Gasteiger partial charge on any atom is 0.308 e. The van der Waals surface area contributed by atoms with Gasteiger partial charge in [-0.25, -0.2) is 0 Å². The fraction of sp³-hybridized carbons (Fsp3) is 0.875. The van der Waals surface area contributed by atoms with E-state index in [1.807, 2.05) is 21.6 Å². The van der Waals surface area contributed by atoms with Gasteiger partial charge in [-0.1, -0.05) is 114 Å².